The van der Waals surface area contributed by atoms with Crippen molar-refractivity contribution in [2.24, 2.45) is 17.3 Å². The van der Waals surface area contributed by atoms with Gasteiger partial charge in [0.05, 0.1) is 26.4 Å². The zero-order valence-electron chi connectivity index (χ0n) is 16.6. The molecule has 144 valence electrons. The first-order chi connectivity index (χ1) is 12.4. The summed E-state index contributed by atoms with van der Waals surface area (Å²) >= 11 is 0. The van der Waals surface area contributed by atoms with E-state index in [0.717, 1.165) is 18.2 Å². The van der Waals surface area contributed by atoms with Gasteiger partial charge in [0.1, 0.15) is 5.75 Å². The molecule has 4 nitrogen and oxygen atoms in total. The van der Waals surface area contributed by atoms with E-state index in [1.807, 2.05) is 25.2 Å². The lowest BCUT2D eigenvalue weighted by molar-refractivity contribution is -0.0257. The maximum atomic E-state index is 10.3. The molecule has 0 aromatic heterocycles. The van der Waals surface area contributed by atoms with Gasteiger partial charge in [-0.2, -0.15) is 0 Å². The molecule has 3 unspecified atom stereocenters. The van der Waals surface area contributed by atoms with Gasteiger partial charge < -0.3 is 14.6 Å². The van der Waals surface area contributed by atoms with Crippen LogP contribution in [0.4, 0.5) is 0 Å². The highest BCUT2D eigenvalue weighted by Gasteiger charge is 2.50. The van der Waals surface area contributed by atoms with E-state index in [-0.39, 0.29) is 0 Å². The molecule has 4 heteroatoms. The van der Waals surface area contributed by atoms with Crippen LogP contribution in [0.2, 0.25) is 0 Å². The van der Waals surface area contributed by atoms with Crippen LogP contribution >= 0.6 is 0 Å². The van der Waals surface area contributed by atoms with Gasteiger partial charge in [-0.1, -0.05) is 32.1 Å². The van der Waals surface area contributed by atoms with Gasteiger partial charge in [-0.25, -0.2) is 0 Å². The number of methoxy groups -OCH3 is 1. The minimum atomic E-state index is -0.475. The number of nitrogens with zero attached hydrogens (tertiary/aromatic N) is 1. The Kier molecular flexibility index (Phi) is 6.06. The van der Waals surface area contributed by atoms with Crippen molar-refractivity contribution in [2.45, 2.75) is 39.3 Å². The van der Waals surface area contributed by atoms with Gasteiger partial charge in [0.2, 0.25) is 0 Å². The van der Waals surface area contributed by atoms with E-state index in [2.05, 4.69) is 30.9 Å². The molecule has 3 atom stereocenters. The van der Waals surface area contributed by atoms with Crippen LogP contribution in [0.15, 0.2) is 35.9 Å². The van der Waals surface area contributed by atoms with Crippen molar-refractivity contribution in [1.82, 2.24) is 4.90 Å². The fourth-order valence-electron chi connectivity index (χ4n) is 4.51. The Hall–Kier alpha value is -1.36. The number of fused-ring (bicyclic) bond motifs is 1. The molecule has 2 bridgehead atoms. The second-order valence-electron chi connectivity index (χ2n) is 8.54. The lowest BCUT2D eigenvalue weighted by atomic mass is 9.49. The molecule has 1 saturated carbocycles. The molecule has 1 aromatic rings. The van der Waals surface area contributed by atoms with E-state index in [0.29, 0.717) is 31.1 Å². The zero-order chi connectivity index (χ0) is 18.7. The summed E-state index contributed by atoms with van der Waals surface area (Å²) in [6.45, 7) is 7.17. The van der Waals surface area contributed by atoms with E-state index in [1.54, 1.807) is 7.11 Å². The van der Waals surface area contributed by atoms with Crippen molar-refractivity contribution in [3.8, 4) is 5.75 Å². The highest BCUT2D eigenvalue weighted by molar-refractivity contribution is 5.28. The van der Waals surface area contributed by atoms with Crippen LogP contribution in [0, 0.1) is 17.3 Å². The summed E-state index contributed by atoms with van der Waals surface area (Å²) in [6.07, 6.45) is 4.39. The van der Waals surface area contributed by atoms with Crippen LogP contribution in [0.3, 0.4) is 0 Å². The molecule has 3 aliphatic carbocycles. The quantitative estimate of drug-likeness (QED) is 0.685. The molecule has 0 aliphatic heterocycles. The number of hydrogen-bond acceptors (Lipinski definition) is 4. The number of likely N-dealkylation sites (N-methyl/N-ethyl adjacent to an activating group) is 1. The second kappa shape index (κ2) is 8.12. The first-order valence-electron chi connectivity index (χ1n) is 9.66. The van der Waals surface area contributed by atoms with Gasteiger partial charge in [-0.05, 0) is 60.4 Å². The van der Waals surface area contributed by atoms with Crippen molar-refractivity contribution < 1.29 is 14.6 Å². The summed E-state index contributed by atoms with van der Waals surface area (Å²) < 4.78 is 11.1. The number of ether oxygens (including phenoxy) is 2. The van der Waals surface area contributed by atoms with E-state index in [1.165, 1.54) is 24.0 Å². The van der Waals surface area contributed by atoms with E-state index >= 15 is 0 Å². The van der Waals surface area contributed by atoms with Crippen LogP contribution in [-0.4, -0.2) is 50.0 Å². The van der Waals surface area contributed by atoms with Crippen LogP contribution in [0.1, 0.15) is 32.3 Å². The number of aliphatic hydroxyl groups is 1. The maximum Gasteiger partial charge on any atom is 0.119 e. The summed E-state index contributed by atoms with van der Waals surface area (Å²) in [5, 5.41) is 10.3. The third-order valence-corrected chi connectivity index (χ3v) is 6.27. The molecule has 1 N–H and O–H groups in total. The fourth-order valence-corrected chi connectivity index (χ4v) is 4.51. The standard InChI is InChI=1S/C22H33NO3/c1-22(2)18-9-8-17(21(22)11-18)14-26-15-19(24)13-23(3)12-16-6-5-7-20(10-16)25-4/h5-8,10,18-19,21,24H,9,11-15H2,1-4H3. The van der Waals surface area contributed by atoms with Crippen molar-refractivity contribution in [3.63, 3.8) is 0 Å². The Morgan fingerprint density at radius 1 is 1.35 bits per heavy atom. The Bertz CT molecular complexity index is 640. The highest BCUT2D eigenvalue weighted by Crippen LogP contribution is 2.59. The molecular formula is C22H33NO3. The Labute approximate surface area is 157 Å². The highest BCUT2D eigenvalue weighted by atomic mass is 16.5. The topological polar surface area (TPSA) is 41.9 Å². The third-order valence-electron chi connectivity index (χ3n) is 6.27. The Morgan fingerprint density at radius 2 is 2.15 bits per heavy atom. The van der Waals surface area contributed by atoms with Crippen molar-refractivity contribution in [2.75, 3.05) is 33.9 Å². The molecule has 0 radical (unpaired) electrons. The molecule has 3 aliphatic rings. The van der Waals surface area contributed by atoms with Gasteiger partial charge >= 0.3 is 0 Å². The molecule has 1 fully saturated rings. The normalized spacial score (nSPS) is 24.8. The SMILES string of the molecule is COc1cccc(CN(C)CC(O)COCC2=CCC3CC2C3(C)C)c1. The molecule has 4 rings (SSSR count). The van der Waals surface area contributed by atoms with Gasteiger partial charge in [0, 0.05) is 13.1 Å². The number of benzene rings is 1. The smallest absolute Gasteiger partial charge is 0.119 e. The van der Waals surface area contributed by atoms with Gasteiger partial charge in [0.15, 0.2) is 0 Å². The van der Waals surface area contributed by atoms with Crippen molar-refractivity contribution in [1.29, 1.82) is 0 Å². The predicted molar refractivity (Wildman–Crippen MR) is 104 cm³/mol. The van der Waals surface area contributed by atoms with Crippen molar-refractivity contribution >= 4 is 0 Å². The van der Waals surface area contributed by atoms with Crippen LogP contribution in [-0.2, 0) is 11.3 Å². The lowest BCUT2D eigenvalue weighted by Crippen LogP contribution is -2.48. The lowest BCUT2D eigenvalue weighted by Gasteiger charge is -2.56. The first-order valence-corrected chi connectivity index (χ1v) is 9.66. The monoisotopic (exact) mass is 359 g/mol. The van der Waals surface area contributed by atoms with E-state index in [9.17, 15) is 5.11 Å². The van der Waals surface area contributed by atoms with Crippen LogP contribution in [0.5, 0.6) is 5.75 Å². The van der Waals surface area contributed by atoms with E-state index < -0.39 is 6.10 Å². The van der Waals surface area contributed by atoms with E-state index in [4.69, 9.17) is 9.47 Å². The molecule has 0 saturated heterocycles. The van der Waals surface area contributed by atoms with Gasteiger partial charge in [0.25, 0.3) is 0 Å². The second-order valence-corrected chi connectivity index (χ2v) is 8.54. The van der Waals surface area contributed by atoms with Gasteiger partial charge in [-0.15, -0.1) is 0 Å². The molecule has 26 heavy (non-hydrogen) atoms. The minimum Gasteiger partial charge on any atom is -0.497 e. The van der Waals surface area contributed by atoms with Gasteiger partial charge in [-0.3, -0.25) is 4.90 Å². The molecule has 0 spiro atoms. The minimum absolute atomic E-state index is 0.385. The molecule has 1 aromatic carbocycles. The summed E-state index contributed by atoms with van der Waals surface area (Å²) in [6, 6.07) is 8.04. The summed E-state index contributed by atoms with van der Waals surface area (Å²) in [5.41, 5.74) is 3.05. The third kappa shape index (κ3) is 4.30. The Balaban J connectivity index is 1.38. The summed E-state index contributed by atoms with van der Waals surface area (Å²) in [7, 11) is 3.69. The Morgan fingerprint density at radius 3 is 2.85 bits per heavy atom. The molecular weight excluding hydrogens is 326 g/mol. The molecule has 0 amide bonds. The number of allylic oxidation sites excluding steroid dienone is 1. The van der Waals surface area contributed by atoms with Crippen molar-refractivity contribution in [3.05, 3.63) is 41.5 Å². The largest absolute Gasteiger partial charge is 0.497 e. The number of hydrogen-bond donors (Lipinski definition) is 1. The first kappa shape index (κ1) is 19.4. The number of rotatable bonds is 9. The molecule has 0 heterocycles. The fraction of sp³-hybridized carbons (Fsp3) is 0.636. The predicted octanol–water partition coefficient (Wildman–Crippen LogP) is 3.50. The number of aliphatic hydroxyl groups excluding tert-OH is 1. The van der Waals surface area contributed by atoms with Crippen LogP contribution in [0.25, 0.3) is 0 Å². The maximum absolute atomic E-state index is 10.3. The summed E-state index contributed by atoms with van der Waals surface area (Å²) in [5.74, 6) is 2.39. The average Bonchev–Trinajstić information content (AvgIpc) is 2.61. The summed E-state index contributed by atoms with van der Waals surface area (Å²) in [4.78, 5) is 2.11. The zero-order valence-corrected chi connectivity index (χ0v) is 16.6. The van der Waals surface area contributed by atoms with Crippen LogP contribution < -0.4 is 4.74 Å². The average molecular weight is 360 g/mol.